The Morgan fingerprint density at radius 3 is 2.69 bits per heavy atom. The molecule has 1 saturated heterocycles. The van der Waals surface area contributed by atoms with Crippen molar-refractivity contribution in [3.05, 3.63) is 56.7 Å². The number of amides is 2. The molecule has 2 aliphatic heterocycles. The number of benzene rings is 1. The van der Waals surface area contributed by atoms with Gasteiger partial charge in [0, 0.05) is 23.8 Å². The zero-order chi connectivity index (χ0) is 28.4. The number of nitrogens with one attached hydrogen (secondary N) is 1. The number of anilines is 1. The van der Waals surface area contributed by atoms with Gasteiger partial charge in [-0.15, -0.1) is 23.1 Å². The van der Waals surface area contributed by atoms with Crippen molar-refractivity contribution < 1.29 is 29.1 Å². The quantitative estimate of drug-likeness (QED) is 0.225. The molecular weight excluding hydrogens is 563 g/mol. The third kappa shape index (κ3) is 5.82. The van der Waals surface area contributed by atoms with Gasteiger partial charge in [-0.1, -0.05) is 29.1 Å². The fourth-order valence-electron chi connectivity index (χ4n) is 4.48. The summed E-state index contributed by atoms with van der Waals surface area (Å²) in [5.41, 5.74) is 10.3. The van der Waals surface area contributed by atoms with E-state index in [-0.39, 0.29) is 27.3 Å². The van der Waals surface area contributed by atoms with Gasteiger partial charge in [0.15, 0.2) is 16.0 Å². The van der Waals surface area contributed by atoms with E-state index in [9.17, 15) is 24.3 Å². The summed E-state index contributed by atoms with van der Waals surface area (Å²) >= 11 is 3.74. The Balaban J connectivity index is 1.56. The molecule has 1 fully saturated rings. The number of carbonyl (C=O) groups excluding carboxylic acids is 3. The van der Waals surface area contributed by atoms with Crippen molar-refractivity contribution in [1.82, 2.24) is 15.2 Å². The fourth-order valence-corrected chi connectivity index (χ4v) is 7.05. The molecule has 0 saturated carbocycles. The Kier molecular flexibility index (Phi) is 8.67. The lowest BCUT2D eigenvalue weighted by Crippen LogP contribution is -2.71. The van der Waals surface area contributed by atoms with Crippen LogP contribution in [0.1, 0.15) is 34.9 Å². The van der Waals surface area contributed by atoms with E-state index in [1.807, 2.05) is 26.0 Å². The molecule has 2 amide bonds. The molecule has 0 spiro atoms. The number of nitrogens with two attached hydrogens (primary N) is 1. The summed E-state index contributed by atoms with van der Waals surface area (Å²) in [4.78, 5) is 60.0. The van der Waals surface area contributed by atoms with Crippen LogP contribution in [0, 0.1) is 13.8 Å². The molecule has 0 aliphatic carbocycles. The van der Waals surface area contributed by atoms with Crippen LogP contribution in [0.4, 0.5) is 5.13 Å². The van der Waals surface area contributed by atoms with Crippen molar-refractivity contribution in [2.24, 2.45) is 5.16 Å². The standard InChI is InChI=1S/C25H27N5O6S3/c1-11-5-6-14(8-37-13(3)31)12(2)16(11)7-15-9-38-23-19(22(33)30(23)20(15)24(34)35)28-21(32)18(29-36-4)17-10-39-25(26)27-17/h5-6,10,19,23H,7-9H2,1-4H3,(H2,26,27)(H,28,32)(H,34,35)/b29-18-/t19-,23-/m1/s1. The number of aryl methyl sites for hydroxylation is 1. The van der Waals surface area contributed by atoms with Crippen LogP contribution in [-0.4, -0.2) is 67.9 Å². The normalized spacial score (nSPS) is 18.9. The molecule has 0 bridgehead atoms. The Bertz CT molecular complexity index is 1420. The minimum atomic E-state index is -1.20. The molecule has 3 heterocycles. The average Bonchev–Trinajstić information content (AvgIpc) is 3.32. The molecule has 2 aromatic rings. The molecule has 0 unspecified atom stereocenters. The number of fused-ring (bicyclic) bond motifs is 1. The molecule has 0 radical (unpaired) electrons. The number of carboxylic acids is 1. The first kappa shape index (κ1) is 28.6. The van der Waals surface area contributed by atoms with E-state index in [1.54, 1.807) is 5.38 Å². The van der Waals surface area contributed by atoms with Gasteiger partial charge in [-0.2, -0.15) is 0 Å². The van der Waals surface area contributed by atoms with Crippen LogP contribution in [0.25, 0.3) is 0 Å². The smallest absolute Gasteiger partial charge is 0.352 e. The zero-order valence-corrected chi connectivity index (χ0v) is 24.1. The molecule has 2 aliphatic rings. The monoisotopic (exact) mass is 589 g/mol. The number of hydrogen-bond acceptors (Lipinski definition) is 11. The van der Waals surface area contributed by atoms with E-state index in [0.29, 0.717) is 23.5 Å². The van der Waals surface area contributed by atoms with Crippen LogP contribution in [0.3, 0.4) is 0 Å². The highest BCUT2D eigenvalue weighted by Gasteiger charge is 2.54. The summed E-state index contributed by atoms with van der Waals surface area (Å²) in [5.74, 6) is -1.50. The number of carboxylic acid groups (broad SMARTS) is 1. The average molecular weight is 590 g/mol. The third-order valence-corrected chi connectivity index (χ3v) is 9.34. The van der Waals surface area contributed by atoms with Gasteiger partial charge in [-0.25, -0.2) is 9.78 Å². The van der Waals surface area contributed by atoms with Crippen LogP contribution in [0.2, 0.25) is 0 Å². The Hall–Kier alpha value is -3.36. The maximum atomic E-state index is 13.2. The predicted molar refractivity (Wildman–Crippen MR) is 151 cm³/mol. The maximum Gasteiger partial charge on any atom is 0.352 e. The Morgan fingerprint density at radius 2 is 2.08 bits per heavy atom. The SMILES string of the molecule is CO/N=C(\C(=O)N[C@@H]1C(=O)N2C(C(=O)O)=C(Cc3c(C)ccc(CSC(C)=O)c3C)CS[C@H]12)c1csc(N)n1. The van der Waals surface area contributed by atoms with Crippen LogP contribution >= 0.6 is 34.9 Å². The van der Waals surface area contributed by atoms with Gasteiger partial charge in [0.1, 0.15) is 29.9 Å². The lowest BCUT2D eigenvalue weighted by atomic mass is 9.91. The second-order valence-corrected chi connectivity index (χ2v) is 12.1. The van der Waals surface area contributed by atoms with Gasteiger partial charge in [0.25, 0.3) is 11.8 Å². The minimum Gasteiger partial charge on any atom is -0.477 e. The van der Waals surface area contributed by atoms with Gasteiger partial charge >= 0.3 is 5.97 Å². The van der Waals surface area contributed by atoms with E-state index in [2.05, 4.69) is 15.5 Å². The van der Waals surface area contributed by atoms with Gasteiger partial charge in [0.2, 0.25) is 0 Å². The van der Waals surface area contributed by atoms with Gasteiger partial charge in [0.05, 0.1) is 0 Å². The first-order valence-electron chi connectivity index (χ1n) is 11.8. The highest BCUT2D eigenvalue weighted by atomic mass is 32.2. The number of nitrogen functional groups attached to an aromatic ring is 1. The van der Waals surface area contributed by atoms with Crippen LogP contribution in [0.15, 0.2) is 33.9 Å². The maximum absolute atomic E-state index is 13.2. The summed E-state index contributed by atoms with van der Waals surface area (Å²) in [5, 5.41) is 17.7. The lowest BCUT2D eigenvalue weighted by Gasteiger charge is -2.49. The number of hydrogen-bond donors (Lipinski definition) is 3. The second kappa shape index (κ2) is 11.8. The second-order valence-electron chi connectivity index (χ2n) is 8.91. The lowest BCUT2D eigenvalue weighted by molar-refractivity contribution is -0.150. The van der Waals surface area contributed by atoms with Crippen LogP contribution < -0.4 is 11.1 Å². The fraction of sp³-hybridized carbons (Fsp3) is 0.360. The first-order chi connectivity index (χ1) is 18.5. The minimum absolute atomic E-state index is 0.0244. The van der Waals surface area contributed by atoms with Crippen molar-refractivity contribution in [2.75, 3.05) is 18.6 Å². The molecule has 2 atom stereocenters. The predicted octanol–water partition coefficient (Wildman–Crippen LogP) is 2.45. The summed E-state index contributed by atoms with van der Waals surface area (Å²) in [7, 11) is 1.28. The number of carbonyl (C=O) groups is 4. The van der Waals surface area contributed by atoms with Crippen molar-refractivity contribution in [1.29, 1.82) is 0 Å². The van der Waals surface area contributed by atoms with Gasteiger partial charge < -0.3 is 21.0 Å². The van der Waals surface area contributed by atoms with Gasteiger partial charge in [-0.3, -0.25) is 19.3 Å². The molecule has 11 nitrogen and oxygen atoms in total. The summed E-state index contributed by atoms with van der Waals surface area (Å²) < 4.78 is 0. The van der Waals surface area contributed by atoms with Crippen LogP contribution in [-0.2, 0) is 36.2 Å². The molecule has 14 heteroatoms. The Labute approximate surface area is 237 Å². The number of thiazole rings is 1. The van der Waals surface area contributed by atoms with Gasteiger partial charge in [-0.05, 0) is 48.1 Å². The third-order valence-electron chi connectivity index (χ3n) is 6.46. The van der Waals surface area contributed by atoms with Crippen molar-refractivity contribution in [2.45, 2.75) is 44.4 Å². The van der Waals surface area contributed by atoms with E-state index in [1.165, 1.54) is 42.5 Å². The number of rotatable bonds is 9. The summed E-state index contributed by atoms with van der Waals surface area (Å²) in [6, 6.07) is 3.01. The number of thioether (sulfide) groups is 2. The molecule has 206 valence electrons. The van der Waals surface area contributed by atoms with E-state index < -0.39 is 29.2 Å². The number of β-lactam (4-membered cyclic amide) rings is 1. The first-order valence-corrected chi connectivity index (χ1v) is 14.7. The topological polar surface area (TPSA) is 164 Å². The van der Waals surface area contributed by atoms with E-state index in [0.717, 1.165) is 33.6 Å². The van der Waals surface area contributed by atoms with Crippen molar-refractivity contribution in [3.8, 4) is 0 Å². The van der Waals surface area contributed by atoms with Crippen molar-refractivity contribution >= 4 is 68.6 Å². The molecule has 39 heavy (non-hydrogen) atoms. The molecular formula is C25H27N5O6S3. The van der Waals surface area contributed by atoms with Crippen molar-refractivity contribution in [3.63, 3.8) is 0 Å². The highest BCUT2D eigenvalue weighted by Crippen LogP contribution is 2.41. The molecule has 4 rings (SSSR count). The number of nitrogens with zero attached hydrogens (tertiary/aromatic N) is 3. The van der Waals surface area contributed by atoms with E-state index in [4.69, 9.17) is 10.6 Å². The number of oxime groups is 1. The highest BCUT2D eigenvalue weighted by molar-refractivity contribution is 8.12. The summed E-state index contributed by atoms with van der Waals surface area (Å²) in [6.45, 7) is 5.45. The molecule has 1 aromatic heterocycles. The largest absolute Gasteiger partial charge is 0.477 e. The molecule has 4 N–H and O–H groups in total. The zero-order valence-electron chi connectivity index (χ0n) is 21.6. The van der Waals surface area contributed by atoms with E-state index >= 15 is 0 Å². The molecule has 1 aromatic carbocycles. The summed E-state index contributed by atoms with van der Waals surface area (Å²) in [6.07, 6.45) is 0.355. The van der Waals surface area contributed by atoms with Crippen LogP contribution in [0.5, 0.6) is 0 Å². The number of aromatic nitrogens is 1. The Morgan fingerprint density at radius 1 is 1.33 bits per heavy atom. The number of aliphatic carboxylic acids is 1.